The van der Waals surface area contributed by atoms with E-state index in [1.54, 1.807) is 26.2 Å². The topological polar surface area (TPSA) is 71.5 Å². The molecule has 3 rings (SSSR count). The third kappa shape index (κ3) is 5.88. The third-order valence-corrected chi connectivity index (χ3v) is 5.00. The van der Waals surface area contributed by atoms with Crippen LogP contribution in [0.5, 0.6) is 0 Å². The lowest BCUT2D eigenvalue weighted by atomic mass is 9.95. The number of carbonyl (C=O) groups is 1. The predicted molar refractivity (Wildman–Crippen MR) is 105 cm³/mol. The number of ether oxygens (including phenoxy) is 1. The molecule has 5 heteroatoms. The van der Waals surface area contributed by atoms with Gasteiger partial charge < -0.3 is 15.2 Å². The van der Waals surface area contributed by atoms with Gasteiger partial charge in [-0.2, -0.15) is 0 Å². The lowest BCUT2D eigenvalue weighted by molar-refractivity contribution is 0.0713. The number of amides is 1. The summed E-state index contributed by atoms with van der Waals surface area (Å²) in [6, 6.07) is 11.6. The standard InChI is InChI=1S/C22H28N2O3/c1-22(2,26)10-7-16-3-5-18(6-4-16)21(25)24-20-15-27-14-19(20)13-17-8-11-23-12-9-17/h3-6,8-9,11-12,19-20,26H,7,10,13-15H2,1-2H3,(H,24,25)/t19-,20+/m1/s1. The molecule has 1 aliphatic rings. The SMILES string of the molecule is CC(C)(O)CCc1ccc(C(=O)N[C@H]2COC[C@H]2Cc2ccncc2)cc1. The maximum atomic E-state index is 12.6. The Morgan fingerprint density at radius 3 is 2.52 bits per heavy atom. The molecule has 1 aromatic carbocycles. The second kappa shape index (κ2) is 8.63. The van der Waals surface area contributed by atoms with E-state index in [9.17, 15) is 9.90 Å². The Morgan fingerprint density at radius 1 is 1.15 bits per heavy atom. The van der Waals surface area contributed by atoms with Crippen molar-refractivity contribution in [2.75, 3.05) is 13.2 Å². The molecule has 0 saturated carbocycles. The minimum Gasteiger partial charge on any atom is -0.390 e. The fourth-order valence-electron chi connectivity index (χ4n) is 3.31. The molecule has 2 heterocycles. The summed E-state index contributed by atoms with van der Waals surface area (Å²) in [6.45, 7) is 4.82. The van der Waals surface area contributed by atoms with E-state index in [4.69, 9.17) is 4.74 Å². The number of aromatic nitrogens is 1. The zero-order chi connectivity index (χ0) is 19.3. The van der Waals surface area contributed by atoms with Gasteiger partial charge in [-0.1, -0.05) is 12.1 Å². The van der Waals surface area contributed by atoms with Gasteiger partial charge in [0.15, 0.2) is 0 Å². The van der Waals surface area contributed by atoms with E-state index < -0.39 is 5.60 Å². The van der Waals surface area contributed by atoms with Gasteiger partial charge in [-0.15, -0.1) is 0 Å². The largest absolute Gasteiger partial charge is 0.390 e. The summed E-state index contributed by atoms with van der Waals surface area (Å²) in [5.41, 5.74) is 2.29. The molecule has 1 aliphatic heterocycles. The minimum atomic E-state index is -0.678. The fraction of sp³-hybridized carbons (Fsp3) is 0.455. The Kier molecular flexibility index (Phi) is 6.24. The van der Waals surface area contributed by atoms with Crippen LogP contribution in [0, 0.1) is 5.92 Å². The molecule has 0 spiro atoms. The summed E-state index contributed by atoms with van der Waals surface area (Å²) in [7, 11) is 0. The van der Waals surface area contributed by atoms with Gasteiger partial charge in [-0.3, -0.25) is 9.78 Å². The van der Waals surface area contributed by atoms with Crippen LogP contribution in [0.15, 0.2) is 48.8 Å². The first kappa shape index (κ1) is 19.5. The molecule has 1 amide bonds. The Hall–Kier alpha value is -2.24. The number of rotatable bonds is 7. The second-order valence-corrected chi connectivity index (χ2v) is 7.95. The molecule has 1 aromatic heterocycles. The maximum Gasteiger partial charge on any atom is 0.251 e. The average molecular weight is 368 g/mol. The molecule has 2 aromatic rings. The Bertz CT molecular complexity index is 738. The van der Waals surface area contributed by atoms with E-state index >= 15 is 0 Å². The number of nitrogens with one attached hydrogen (secondary N) is 1. The van der Waals surface area contributed by atoms with E-state index in [0.717, 1.165) is 18.4 Å². The Balaban J connectivity index is 1.56. The number of aliphatic hydroxyl groups is 1. The fourth-order valence-corrected chi connectivity index (χ4v) is 3.31. The lowest BCUT2D eigenvalue weighted by Crippen LogP contribution is -2.40. The van der Waals surface area contributed by atoms with Gasteiger partial charge in [0, 0.05) is 23.9 Å². The van der Waals surface area contributed by atoms with E-state index in [-0.39, 0.29) is 17.9 Å². The summed E-state index contributed by atoms with van der Waals surface area (Å²) in [5, 5.41) is 13.0. The molecule has 1 fully saturated rings. The molecule has 1 saturated heterocycles. The van der Waals surface area contributed by atoms with Crippen molar-refractivity contribution in [1.82, 2.24) is 10.3 Å². The van der Waals surface area contributed by atoms with Crippen molar-refractivity contribution >= 4 is 5.91 Å². The smallest absolute Gasteiger partial charge is 0.251 e. The Morgan fingerprint density at radius 2 is 1.85 bits per heavy atom. The molecule has 0 radical (unpaired) electrons. The van der Waals surface area contributed by atoms with Crippen molar-refractivity contribution in [2.24, 2.45) is 5.92 Å². The van der Waals surface area contributed by atoms with Crippen molar-refractivity contribution in [1.29, 1.82) is 0 Å². The van der Waals surface area contributed by atoms with Crippen LogP contribution in [0.3, 0.4) is 0 Å². The number of hydrogen-bond donors (Lipinski definition) is 2. The maximum absolute atomic E-state index is 12.6. The zero-order valence-electron chi connectivity index (χ0n) is 16.0. The third-order valence-electron chi connectivity index (χ3n) is 5.00. The molecule has 0 unspecified atom stereocenters. The van der Waals surface area contributed by atoms with Gasteiger partial charge >= 0.3 is 0 Å². The van der Waals surface area contributed by atoms with Crippen molar-refractivity contribution < 1.29 is 14.6 Å². The summed E-state index contributed by atoms with van der Waals surface area (Å²) >= 11 is 0. The number of aryl methyl sites for hydroxylation is 1. The molecular weight excluding hydrogens is 340 g/mol. The monoisotopic (exact) mass is 368 g/mol. The van der Waals surface area contributed by atoms with E-state index in [1.807, 2.05) is 36.4 Å². The van der Waals surface area contributed by atoms with Gasteiger partial charge in [-0.05, 0) is 68.5 Å². The molecule has 0 bridgehead atoms. The number of benzene rings is 1. The number of carbonyl (C=O) groups excluding carboxylic acids is 1. The summed E-state index contributed by atoms with van der Waals surface area (Å²) in [4.78, 5) is 16.7. The first-order chi connectivity index (χ1) is 12.9. The number of hydrogen-bond acceptors (Lipinski definition) is 4. The molecule has 2 N–H and O–H groups in total. The van der Waals surface area contributed by atoms with Crippen molar-refractivity contribution in [3.63, 3.8) is 0 Å². The van der Waals surface area contributed by atoms with Gasteiger partial charge in [-0.25, -0.2) is 0 Å². The molecular formula is C22H28N2O3. The lowest BCUT2D eigenvalue weighted by Gasteiger charge is -2.19. The van der Waals surface area contributed by atoms with Gasteiger partial charge in [0.1, 0.15) is 0 Å². The molecule has 0 aliphatic carbocycles. The minimum absolute atomic E-state index is 0.0144. The number of pyridine rings is 1. The zero-order valence-corrected chi connectivity index (χ0v) is 16.0. The summed E-state index contributed by atoms with van der Waals surface area (Å²) < 4.78 is 5.61. The van der Waals surface area contributed by atoms with Crippen LogP contribution in [0.4, 0.5) is 0 Å². The van der Waals surface area contributed by atoms with Crippen LogP contribution >= 0.6 is 0 Å². The first-order valence-corrected chi connectivity index (χ1v) is 9.49. The summed E-state index contributed by atoms with van der Waals surface area (Å²) in [5.74, 6) is 0.196. The highest BCUT2D eigenvalue weighted by atomic mass is 16.5. The van der Waals surface area contributed by atoms with Crippen LogP contribution in [0.25, 0.3) is 0 Å². The van der Waals surface area contributed by atoms with Crippen LogP contribution in [-0.4, -0.2) is 40.9 Å². The van der Waals surface area contributed by atoms with Crippen LogP contribution in [0.2, 0.25) is 0 Å². The highest BCUT2D eigenvalue weighted by Gasteiger charge is 2.29. The average Bonchev–Trinajstić information content (AvgIpc) is 3.07. The van der Waals surface area contributed by atoms with Gasteiger partial charge in [0.05, 0.1) is 24.9 Å². The van der Waals surface area contributed by atoms with Crippen molar-refractivity contribution in [3.05, 3.63) is 65.5 Å². The van der Waals surface area contributed by atoms with E-state index in [0.29, 0.717) is 25.2 Å². The highest BCUT2D eigenvalue weighted by molar-refractivity contribution is 5.94. The quantitative estimate of drug-likeness (QED) is 0.788. The van der Waals surface area contributed by atoms with E-state index in [2.05, 4.69) is 10.3 Å². The molecule has 5 nitrogen and oxygen atoms in total. The summed E-state index contributed by atoms with van der Waals surface area (Å²) in [6.07, 6.45) is 5.92. The number of nitrogens with zero attached hydrogens (tertiary/aromatic N) is 1. The van der Waals surface area contributed by atoms with Crippen LogP contribution in [-0.2, 0) is 17.6 Å². The van der Waals surface area contributed by atoms with Crippen LogP contribution < -0.4 is 5.32 Å². The van der Waals surface area contributed by atoms with Crippen LogP contribution in [0.1, 0.15) is 41.8 Å². The van der Waals surface area contributed by atoms with Gasteiger partial charge in [0.2, 0.25) is 0 Å². The normalized spacial score (nSPS) is 19.8. The van der Waals surface area contributed by atoms with Crippen molar-refractivity contribution in [2.45, 2.75) is 44.8 Å². The molecule has 2 atom stereocenters. The Labute approximate surface area is 160 Å². The highest BCUT2D eigenvalue weighted by Crippen LogP contribution is 2.20. The van der Waals surface area contributed by atoms with Gasteiger partial charge in [0.25, 0.3) is 5.91 Å². The molecule has 144 valence electrons. The van der Waals surface area contributed by atoms with Crippen molar-refractivity contribution in [3.8, 4) is 0 Å². The molecule has 27 heavy (non-hydrogen) atoms. The second-order valence-electron chi connectivity index (χ2n) is 7.95. The first-order valence-electron chi connectivity index (χ1n) is 9.49. The van der Waals surface area contributed by atoms with E-state index in [1.165, 1.54) is 5.56 Å². The predicted octanol–water partition coefficient (Wildman–Crippen LogP) is 2.77.